The second kappa shape index (κ2) is 19.1. The third-order valence-electron chi connectivity index (χ3n) is 19.4. The van der Waals surface area contributed by atoms with E-state index < -0.39 is 0 Å². The second-order valence-electron chi connectivity index (χ2n) is 28.0. The Bertz CT molecular complexity index is 4130. The summed E-state index contributed by atoms with van der Waals surface area (Å²) < 4.78 is 0. The van der Waals surface area contributed by atoms with Crippen LogP contribution in [0.15, 0.2) is 224 Å². The van der Waals surface area contributed by atoms with E-state index in [0.717, 1.165) is 35.6 Å². The molecule has 2 aliphatic heterocycles. The smallest absolute Gasteiger partial charge is 0.252 e. The number of fused-ring (bicyclic) bond motifs is 6. The van der Waals surface area contributed by atoms with Crippen LogP contribution in [0, 0.1) is 0 Å². The summed E-state index contributed by atoms with van der Waals surface area (Å²) in [6.45, 7) is 26.7. The van der Waals surface area contributed by atoms with Gasteiger partial charge in [0.05, 0.1) is 11.4 Å². The molecule has 0 amide bonds. The van der Waals surface area contributed by atoms with Crippen molar-refractivity contribution in [3.63, 3.8) is 0 Å². The van der Waals surface area contributed by atoms with Crippen LogP contribution in [0.25, 0.3) is 33.4 Å². The molecule has 4 heteroatoms. The summed E-state index contributed by atoms with van der Waals surface area (Å²) in [6.07, 6.45) is 3.40. The topological polar surface area (TPSA) is 9.72 Å². The molecule has 0 N–H and O–H groups in total. The minimum atomic E-state index is -0.0931. The minimum Gasteiger partial charge on any atom is -0.311 e. The average molecular weight is 1080 g/mol. The van der Waals surface area contributed by atoms with Gasteiger partial charge in [-0.15, -0.1) is 0 Å². The number of nitrogens with zero attached hydrogens (tertiary/aromatic N) is 3. The zero-order valence-electron chi connectivity index (χ0n) is 50.4. The van der Waals surface area contributed by atoms with Crippen molar-refractivity contribution in [2.75, 3.05) is 14.7 Å². The van der Waals surface area contributed by atoms with Crippen LogP contribution in [-0.4, -0.2) is 6.71 Å². The van der Waals surface area contributed by atoms with E-state index >= 15 is 0 Å². The van der Waals surface area contributed by atoms with Gasteiger partial charge in [0.1, 0.15) is 0 Å². The lowest BCUT2D eigenvalue weighted by molar-refractivity contribution is 0.332. The Balaban J connectivity index is 1.14. The first-order chi connectivity index (χ1) is 39.8. The normalized spacial score (nSPS) is 16.5. The lowest BCUT2D eigenvalue weighted by atomic mass is 9.33. The average Bonchev–Trinajstić information content (AvgIpc) is 1.62. The Hall–Kier alpha value is -8.34. The zero-order valence-corrected chi connectivity index (χ0v) is 50.4. The first-order valence-electron chi connectivity index (χ1n) is 30.3. The summed E-state index contributed by atoms with van der Waals surface area (Å²) in [5.74, 6) is 0. The van der Waals surface area contributed by atoms with Crippen LogP contribution < -0.4 is 31.1 Å². The van der Waals surface area contributed by atoms with Crippen LogP contribution >= 0.6 is 0 Å². The molecule has 10 aromatic rings. The molecule has 0 unspecified atom stereocenters. The van der Waals surface area contributed by atoms with E-state index in [2.05, 4.69) is 315 Å². The van der Waals surface area contributed by atoms with Gasteiger partial charge in [0.2, 0.25) is 0 Å². The van der Waals surface area contributed by atoms with Crippen molar-refractivity contribution < 1.29 is 0 Å². The van der Waals surface area contributed by atoms with Crippen LogP contribution in [-0.2, 0) is 27.1 Å². The van der Waals surface area contributed by atoms with E-state index in [1.165, 1.54) is 112 Å². The molecule has 0 radical (unpaired) electrons. The van der Waals surface area contributed by atoms with E-state index in [9.17, 15) is 0 Å². The highest BCUT2D eigenvalue weighted by Crippen LogP contribution is 2.56. The van der Waals surface area contributed by atoms with Gasteiger partial charge in [0.15, 0.2) is 0 Å². The maximum absolute atomic E-state index is 2.72. The van der Waals surface area contributed by atoms with Crippen molar-refractivity contribution in [2.45, 2.75) is 122 Å². The van der Waals surface area contributed by atoms with Crippen LogP contribution in [0.5, 0.6) is 0 Å². The van der Waals surface area contributed by atoms with Gasteiger partial charge in [0.25, 0.3) is 6.71 Å². The molecule has 0 aromatic heterocycles. The summed E-state index contributed by atoms with van der Waals surface area (Å²) in [6, 6.07) is 85.7. The molecule has 0 saturated carbocycles. The Kier molecular flexibility index (Phi) is 12.1. The zero-order chi connectivity index (χ0) is 57.4. The molecule has 83 heavy (non-hydrogen) atoms. The summed E-state index contributed by atoms with van der Waals surface area (Å²) in [4.78, 5) is 7.81. The quantitative estimate of drug-likeness (QED) is 0.140. The fourth-order valence-corrected chi connectivity index (χ4v) is 15.2. The van der Waals surface area contributed by atoms with Gasteiger partial charge in [-0.3, -0.25) is 0 Å². The van der Waals surface area contributed by atoms with Gasteiger partial charge < -0.3 is 14.7 Å². The molecular weight excluding hydrogens is 1000 g/mol. The number of hydrogen-bond donors (Lipinski definition) is 0. The number of rotatable bonds is 8. The van der Waals surface area contributed by atoms with Crippen molar-refractivity contribution in [1.82, 2.24) is 0 Å². The van der Waals surface area contributed by atoms with Gasteiger partial charge in [0, 0.05) is 45.4 Å². The monoisotopic (exact) mass is 1080 g/mol. The SMILES string of the molecule is CC(C)(C)c1ccc(N2c3cc4c(cc3B3c5ccc(-c6ccccc6)cc5N(c5cccc(-c6ccccc6)c5)c5cc(N(c6ccccc6)c6ccccc6)cc2c53)C(C)(C)CC4(C)C)c(-c2ccc3c(c2)C(C)(C)CCC3(C)C)c1. The van der Waals surface area contributed by atoms with Gasteiger partial charge >= 0.3 is 0 Å². The van der Waals surface area contributed by atoms with Crippen molar-refractivity contribution in [2.24, 2.45) is 0 Å². The Labute approximate surface area is 494 Å². The molecule has 0 fully saturated rings. The molecule has 2 heterocycles. The maximum atomic E-state index is 2.72. The minimum absolute atomic E-state index is 0.0284. The number of para-hydroxylation sites is 2. The van der Waals surface area contributed by atoms with Crippen molar-refractivity contribution >= 4 is 74.3 Å². The van der Waals surface area contributed by atoms with Crippen LogP contribution in [0.3, 0.4) is 0 Å². The lowest BCUT2D eigenvalue weighted by Crippen LogP contribution is -2.61. The summed E-state index contributed by atoms with van der Waals surface area (Å²) >= 11 is 0. The molecule has 0 spiro atoms. The fraction of sp³-hybridized carbons (Fsp3) is 0.241. The number of anilines is 9. The summed E-state index contributed by atoms with van der Waals surface area (Å²) in [5, 5.41) is 0. The molecular formula is C79H76BN3. The van der Waals surface area contributed by atoms with Crippen LogP contribution in [0.4, 0.5) is 51.2 Å². The summed E-state index contributed by atoms with van der Waals surface area (Å²) in [5.41, 5.74) is 28.8. The molecule has 10 aromatic carbocycles. The van der Waals surface area contributed by atoms with Crippen LogP contribution in [0.1, 0.15) is 123 Å². The first-order valence-corrected chi connectivity index (χ1v) is 30.3. The van der Waals surface area contributed by atoms with Crippen molar-refractivity contribution in [3.05, 3.63) is 252 Å². The molecule has 0 bridgehead atoms. The van der Waals surface area contributed by atoms with Gasteiger partial charge in [-0.1, -0.05) is 228 Å². The molecule has 14 rings (SSSR count). The Morgan fingerprint density at radius 1 is 0.361 bits per heavy atom. The van der Waals surface area contributed by atoms with Gasteiger partial charge in [-0.25, -0.2) is 0 Å². The molecule has 2 aliphatic carbocycles. The standard InChI is InChI=1S/C79H76BN3/c1-75(2,3)57-37-40-69(62(46-57)56-35-38-63-64(44-56)77(6,7)42-41-76(63,4)5)83-71-50-66-65(78(8,9)51-79(66,10)11)49-68(71)80-67-39-36-55(53-27-18-13-19-28-53)45-70(67)82(60-34-24-29-54(43-60)52-25-16-12-17-26-52)72-47-61(48-73(83)74(72)80)81(58-30-20-14-21-31-58)59-32-22-15-23-33-59/h12-40,43-50H,41-42,51H2,1-11H3. The van der Waals surface area contributed by atoms with Crippen molar-refractivity contribution in [3.8, 4) is 33.4 Å². The van der Waals surface area contributed by atoms with Gasteiger partial charge in [-0.05, 0) is 191 Å². The second-order valence-corrected chi connectivity index (χ2v) is 28.0. The Morgan fingerprint density at radius 3 is 1.49 bits per heavy atom. The number of benzene rings is 10. The van der Waals surface area contributed by atoms with E-state index in [-0.39, 0.29) is 33.8 Å². The largest absolute Gasteiger partial charge is 0.311 e. The predicted molar refractivity (Wildman–Crippen MR) is 356 cm³/mol. The lowest BCUT2D eigenvalue weighted by Gasteiger charge is -2.46. The highest BCUT2D eigenvalue weighted by molar-refractivity contribution is 7.00. The molecule has 3 nitrogen and oxygen atoms in total. The highest BCUT2D eigenvalue weighted by atomic mass is 15.2. The van der Waals surface area contributed by atoms with E-state index in [1.807, 2.05) is 0 Å². The van der Waals surface area contributed by atoms with Crippen LogP contribution in [0.2, 0.25) is 0 Å². The molecule has 4 aliphatic rings. The highest BCUT2D eigenvalue weighted by Gasteiger charge is 2.49. The summed E-state index contributed by atoms with van der Waals surface area (Å²) in [7, 11) is 0. The third-order valence-corrected chi connectivity index (χ3v) is 19.4. The van der Waals surface area contributed by atoms with E-state index in [1.54, 1.807) is 0 Å². The first kappa shape index (κ1) is 52.7. The molecule has 410 valence electrons. The van der Waals surface area contributed by atoms with E-state index in [0.29, 0.717) is 0 Å². The third kappa shape index (κ3) is 8.77. The van der Waals surface area contributed by atoms with Crippen molar-refractivity contribution in [1.29, 1.82) is 0 Å². The Morgan fingerprint density at radius 2 is 0.880 bits per heavy atom. The van der Waals surface area contributed by atoms with E-state index in [4.69, 9.17) is 0 Å². The molecule has 0 atom stereocenters. The maximum Gasteiger partial charge on any atom is 0.252 e. The van der Waals surface area contributed by atoms with Gasteiger partial charge in [-0.2, -0.15) is 0 Å². The number of hydrogen-bond acceptors (Lipinski definition) is 3. The fourth-order valence-electron chi connectivity index (χ4n) is 15.2. The predicted octanol–water partition coefficient (Wildman–Crippen LogP) is 19.8. The molecule has 0 saturated heterocycles.